The van der Waals surface area contributed by atoms with E-state index < -0.39 is 0 Å². The Labute approximate surface area is 185 Å². The average molecular weight is 422 g/mol. The molecule has 1 saturated carbocycles. The topological polar surface area (TPSA) is 71.0 Å². The van der Waals surface area contributed by atoms with Crippen molar-refractivity contribution in [3.63, 3.8) is 0 Å². The average Bonchev–Trinajstić information content (AvgIpc) is 3.32. The van der Waals surface area contributed by atoms with Crippen molar-refractivity contribution in [2.24, 2.45) is 11.3 Å². The number of aryl methyl sites for hydroxylation is 1. The molecule has 0 radical (unpaired) electrons. The Morgan fingerprint density at radius 3 is 2.77 bits per heavy atom. The molecule has 4 unspecified atom stereocenters. The minimum Gasteiger partial charge on any atom is -0.349 e. The van der Waals surface area contributed by atoms with Crippen LogP contribution < -0.4 is 16.2 Å². The zero-order chi connectivity index (χ0) is 21.6. The van der Waals surface area contributed by atoms with Crippen molar-refractivity contribution in [3.05, 3.63) is 47.3 Å². The number of nitrogens with one attached hydrogen (secondary N) is 3. The quantitative estimate of drug-likeness (QED) is 0.703. The van der Waals surface area contributed by atoms with Crippen LogP contribution in [0.25, 0.3) is 5.69 Å². The first kappa shape index (κ1) is 20.7. The summed E-state index contributed by atoms with van der Waals surface area (Å²) in [5, 5.41) is 8.09. The van der Waals surface area contributed by atoms with Gasteiger partial charge in [0.2, 0.25) is 5.91 Å². The van der Waals surface area contributed by atoms with Gasteiger partial charge >= 0.3 is 0 Å². The standard InChI is InChI=1S/C25H35N5O/c1-16-8-10-17(11-9-16)30-23-14-25(2,3)13-22(19(23)15-26-30)27-24(31)12-21-18-6-4-5-7-20(18)28-29-21/h8-11,15,18,20-22,28-29H,4-7,12-14H2,1-3H3,(H,27,31). The first-order chi connectivity index (χ1) is 14.9. The Balaban J connectivity index is 1.33. The maximum absolute atomic E-state index is 13.1. The lowest BCUT2D eigenvalue weighted by molar-refractivity contribution is -0.122. The van der Waals surface area contributed by atoms with Crippen LogP contribution >= 0.6 is 0 Å². The molecule has 1 amide bonds. The van der Waals surface area contributed by atoms with Crippen molar-refractivity contribution in [2.45, 2.75) is 83.8 Å². The molecule has 0 bridgehead atoms. The van der Waals surface area contributed by atoms with Crippen molar-refractivity contribution in [1.29, 1.82) is 0 Å². The Bertz CT molecular complexity index is 947. The molecule has 4 atom stereocenters. The van der Waals surface area contributed by atoms with Gasteiger partial charge in [-0.15, -0.1) is 0 Å². The molecule has 2 aromatic rings. The fourth-order valence-electron chi connectivity index (χ4n) is 5.88. The van der Waals surface area contributed by atoms with E-state index in [2.05, 4.69) is 65.9 Å². The van der Waals surface area contributed by atoms with Crippen LogP contribution in [0.5, 0.6) is 0 Å². The Hall–Kier alpha value is -2.18. The lowest BCUT2D eigenvalue weighted by atomic mass is 9.74. The van der Waals surface area contributed by atoms with E-state index in [-0.39, 0.29) is 23.4 Å². The van der Waals surface area contributed by atoms with Crippen LogP contribution in [0.15, 0.2) is 30.5 Å². The summed E-state index contributed by atoms with van der Waals surface area (Å²) in [6.45, 7) is 6.68. The van der Waals surface area contributed by atoms with Crippen molar-refractivity contribution >= 4 is 5.91 Å². The zero-order valence-electron chi connectivity index (χ0n) is 18.9. The summed E-state index contributed by atoms with van der Waals surface area (Å²) in [5.41, 5.74) is 11.7. The molecule has 2 aliphatic carbocycles. The van der Waals surface area contributed by atoms with Crippen LogP contribution in [-0.2, 0) is 11.2 Å². The van der Waals surface area contributed by atoms with Crippen LogP contribution in [0.3, 0.4) is 0 Å². The van der Waals surface area contributed by atoms with Gasteiger partial charge in [0.1, 0.15) is 0 Å². The number of fused-ring (bicyclic) bond motifs is 2. The van der Waals surface area contributed by atoms with E-state index in [4.69, 9.17) is 5.10 Å². The molecule has 6 heteroatoms. The van der Waals surface area contributed by atoms with E-state index in [1.807, 2.05) is 6.20 Å². The van der Waals surface area contributed by atoms with Crippen LogP contribution in [0.1, 0.15) is 75.2 Å². The van der Waals surface area contributed by atoms with Crippen LogP contribution in [0, 0.1) is 18.3 Å². The Morgan fingerprint density at radius 1 is 1.19 bits per heavy atom. The number of benzene rings is 1. The highest BCUT2D eigenvalue weighted by molar-refractivity contribution is 5.77. The minimum absolute atomic E-state index is 0.0157. The normalized spacial score (nSPS) is 29.3. The van der Waals surface area contributed by atoms with Crippen molar-refractivity contribution in [1.82, 2.24) is 25.9 Å². The van der Waals surface area contributed by atoms with Gasteiger partial charge < -0.3 is 5.32 Å². The first-order valence-electron chi connectivity index (χ1n) is 11.8. The molecule has 1 aliphatic heterocycles. The second-order valence-electron chi connectivity index (χ2n) is 10.6. The van der Waals surface area contributed by atoms with Crippen LogP contribution in [-0.4, -0.2) is 27.8 Å². The maximum Gasteiger partial charge on any atom is 0.222 e. The number of hydrogen-bond donors (Lipinski definition) is 3. The number of carbonyl (C=O) groups is 1. The SMILES string of the molecule is Cc1ccc(-n2ncc3c2CC(C)(C)CC3NC(=O)CC2NNC3CCCCC32)cc1. The van der Waals surface area contributed by atoms with E-state index in [1.54, 1.807) is 0 Å². The van der Waals surface area contributed by atoms with Crippen molar-refractivity contribution in [2.75, 3.05) is 0 Å². The molecule has 0 spiro atoms. The monoisotopic (exact) mass is 421 g/mol. The molecule has 3 aliphatic rings. The summed E-state index contributed by atoms with van der Waals surface area (Å²) in [7, 11) is 0. The number of aromatic nitrogens is 2. The fourth-order valence-corrected chi connectivity index (χ4v) is 5.88. The van der Waals surface area contributed by atoms with Gasteiger partial charge in [-0.3, -0.25) is 15.6 Å². The molecule has 166 valence electrons. The highest BCUT2D eigenvalue weighted by Crippen LogP contribution is 2.41. The number of nitrogens with zero attached hydrogens (tertiary/aromatic N) is 2. The van der Waals surface area contributed by atoms with Gasteiger partial charge in [0, 0.05) is 24.1 Å². The van der Waals surface area contributed by atoms with E-state index in [0.29, 0.717) is 18.4 Å². The van der Waals surface area contributed by atoms with Crippen LogP contribution in [0.4, 0.5) is 0 Å². The zero-order valence-corrected chi connectivity index (χ0v) is 18.9. The van der Waals surface area contributed by atoms with Gasteiger partial charge in [-0.05, 0) is 56.1 Å². The molecular weight excluding hydrogens is 386 g/mol. The lowest BCUT2D eigenvalue weighted by Crippen LogP contribution is -2.41. The molecule has 1 aromatic carbocycles. The Kier molecular flexibility index (Phi) is 5.39. The summed E-state index contributed by atoms with van der Waals surface area (Å²) in [6.07, 6.45) is 9.39. The molecule has 2 fully saturated rings. The third-order valence-electron chi connectivity index (χ3n) is 7.49. The predicted molar refractivity (Wildman–Crippen MR) is 122 cm³/mol. The third-order valence-corrected chi connectivity index (χ3v) is 7.49. The fraction of sp³-hybridized carbons (Fsp3) is 0.600. The van der Waals surface area contributed by atoms with Crippen LogP contribution in [0.2, 0.25) is 0 Å². The minimum atomic E-state index is 0.0157. The number of amides is 1. The summed E-state index contributed by atoms with van der Waals surface area (Å²) in [5.74, 6) is 0.712. The van der Waals surface area contributed by atoms with Gasteiger partial charge in [-0.25, -0.2) is 4.68 Å². The third kappa shape index (κ3) is 4.15. The molecule has 5 rings (SSSR count). The highest BCUT2D eigenvalue weighted by atomic mass is 16.1. The molecule has 1 saturated heterocycles. The molecule has 3 N–H and O–H groups in total. The maximum atomic E-state index is 13.1. The smallest absolute Gasteiger partial charge is 0.222 e. The molecule has 31 heavy (non-hydrogen) atoms. The van der Waals surface area contributed by atoms with E-state index in [0.717, 1.165) is 18.5 Å². The van der Waals surface area contributed by atoms with Gasteiger partial charge in [0.25, 0.3) is 0 Å². The molecule has 6 nitrogen and oxygen atoms in total. The predicted octanol–water partition coefficient (Wildman–Crippen LogP) is 3.74. The molecule has 2 heterocycles. The van der Waals surface area contributed by atoms with Gasteiger partial charge in [-0.1, -0.05) is 44.4 Å². The molecule has 1 aromatic heterocycles. The van der Waals surface area contributed by atoms with E-state index in [9.17, 15) is 4.79 Å². The van der Waals surface area contributed by atoms with Gasteiger partial charge in [0.05, 0.1) is 23.6 Å². The second kappa shape index (κ2) is 8.06. The number of hydrogen-bond acceptors (Lipinski definition) is 4. The van der Waals surface area contributed by atoms with Gasteiger partial charge in [0.15, 0.2) is 0 Å². The number of rotatable bonds is 4. The number of carbonyl (C=O) groups excluding carboxylic acids is 1. The summed E-state index contributed by atoms with van der Waals surface area (Å²) >= 11 is 0. The summed E-state index contributed by atoms with van der Waals surface area (Å²) in [6, 6.07) is 9.27. The summed E-state index contributed by atoms with van der Waals surface area (Å²) in [4.78, 5) is 13.1. The number of hydrazine groups is 1. The second-order valence-corrected chi connectivity index (χ2v) is 10.6. The highest BCUT2D eigenvalue weighted by Gasteiger charge is 2.40. The van der Waals surface area contributed by atoms with Gasteiger partial charge in [-0.2, -0.15) is 5.10 Å². The lowest BCUT2D eigenvalue weighted by Gasteiger charge is -2.36. The van der Waals surface area contributed by atoms with Crippen molar-refractivity contribution < 1.29 is 4.79 Å². The first-order valence-corrected chi connectivity index (χ1v) is 11.8. The summed E-state index contributed by atoms with van der Waals surface area (Å²) < 4.78 is 2.06. The molecular formula is C25H35N5O. The van der Waals surface area contributed by atoms with Crippen molar-refractivity contribution in [3.8, 4) is 5.69 Å². The van der Waals surface area contributed by atoms with E-state index in [1.165, 1.54) is 42.5 Å². The van der Waals surface area contributed by atoms with E-state index >= 15 is 0 Å². The largest absolute Gasteiger partial charge is 0.349 e. The Morgan fingerprint density at radius 2 is 1.97 bits per heavy atom.